The van der Waals surface area contributed by atoms with Gasteiger partial charge in [-0.25, -0.2) is 4.31 Å². The Morgan fingerprint density at radius 3 is 2.50 bits per heavy atom. The molecule has 0 radical (unpaired) electrons. The van der Waals surface area contributed by atoms with Gasteiger partial charge in [-0.3, -0.25) is 4.98 Å². The molecule has 16 heavy (non-hydrogen) atoms. The highest BCUT2D eigenvalue weighted by Gasteiger charge is 2.32. The zero-order valence-corrected chi connectivity index (χ0v) is 9.13. The summed E-state index contributed by atoms with van der Waals surface area (Å²) in [6, 6.07) is 1.73. The molecule has 0 bridgehead atoms. The van der Waals surface area contributed by atoms with Crippen molar-refractivity contribution >= 4 is 12.8 Å². The highest BCUT2D eigenvalue weighted by atomic mass is 32.1. The summed E-state index contributed by atoms with van der Waals surface area (Å²) in [4.78, 5) is 3.29. The summed E-state index contributed by atoms with van der Waals surface area (Å²) in [5, 5.41) is 8.55. The van der Waals surface area contributed by atoms with Crippen molar-refractivity contribution in [2.75, 3.05) is 0 Å². The highest BCUT2D eigenvalue weighted by molar-refractivity contribution is 7.77. The predicted octanol–water partition coefficient (Wildman–Crippen LogP) is 2.79. The second kappa shape index (κ2) is 4.61. The average molecular weight is 247 g/mol. The molecule has 1 atom stereocenters. The van der Waals surface area contributed by atoms with Crippen molar-refractivity contribution in [1.82, 2.24) is 9.29 Å². The Labute approximate surface area is 96.1 Å². The largest absolute Gasteiger partial charge is 0.433 e. The Morgan fingerprint density at radius 1 is 1.50 bits per heavy atom. The van der Waals surface area contributed by atoms with Gasteiger partial charge < -0.3 is 0 Å². The van der Waals surface area contributed by atoms with Crippen LogP contribution in [0.15, 0.2) is 18.3 Å². The standard InChI is InChI=1S/C9H8F3N3S/c1-6(15(16)5-13)7-2-3-8(14-4-7)9(10,11)12/h2-4,6,16H,1H3. The van der Waals surface area contributed by atoms with Gasteiger partial charge in [-0.15, -0.1) is 0 Å². The number of alkyl halides is 3. The number of nitriles is 1. The van der Waals surface area contributed by atoms with Crippen LogP contribution in [-0.4, -0.2) is 9.29 Å². The monoisotopic (exact) mass is 247 g/mol. The van der Waals surface area contributed by atoms with E-state index in [0.717, 1.165) is 16.6 Å². The van der Waals surface area contributed by atoms with E-state index >= 15 is 0 Å². The molecule has 0 saturated carbocycles. The molecule has 1 unspecified atom stereocenters. The predicted molar refractivity (Wildman–Crippen MR) is 54.1 cm³/mol. The van der Waals surface area contributed by atoms with E-state index in [9.17, 15) is 13.2 Å². The minimum absolute atomic E-state index is 0.428. The molecule has 1 aromatic heterocycles. The van der Waals surface area contributed by atoms with Gasteiger partial charge in [0.1, 0.15) is 5.69 Å². The number of thiol groups is 1. The van der Waals surface area contributed by atoms with E-state index in [4.69, 9.17) is 5.26 Å². The fourth-order valence-corrected chi connectivity index (χ4v) is 1.18. The van der Waals surface area contributed by atoms with Crippen LogP contribution in [0.3, 0.4) is 0 Å². The first-order valence-corrected chi connectivity index (χ1v) is 4.67. The SMILES string of the molecule is CC(c1ccc(C(F)(F)F)nc1)N(S)C#N. The molecule has 0 aromatic carbocycles. The van der Waals surface area contributed by atoms with Gasteiger partial charge >= 0.3 is 6.18 Å². The van der Waals surface area contributed by atoms with Crippen LogP contribution in [0.25, 0.3) is 0 Å². The molecule has 1 heterocycles. The van der Waals surface area contributed by atoms with Gasteiger partial charge in [-0.05, 0) is 18.6 Å². The van der Waals surface area contributed by atoms with Gasteiger partial charge in [0.25, 0.3) is 0 Å². The summed E-state index contributed by atoms with van der Waals surface area (Å²) in [5.74, 6) is 0. The van der Waals surface area contributed by atoms with Crippen molar-refractivity contribution in [3.8, 4) is 6.19 Å². The van der Waals surface area contributed by atoms with Crippen LogP contribution in [0.5, 0.6) is 0 Å². The molecule has 3 nitrogen and oxygen atoms in total. The normalized spacial score (nSPS) is 13.0. The van der Waals surface area contributed by atoms with Crippen molar-refractivity contribution in [3.63, 3.8) is 0 Å². The van der Waals surface area contributed by atoms with Crippen molar-refractivity contribution in [2.24, 2.45) is 0 Å². The van der Waals surface area contributed by atoms with Crippen LogP contribution in [0.2, 0.25) is 0 Å². The van der Waals surface area contributed by atoms with Gasteiger partial charge in [0.2, 0.25) is 0 Å². The lowest BCUT2D eigenvalue weighted by atomic mass is 10.1. The van der Waals surface area contributed by atoms with Crippen LogP contribution in [0.4, 0.5) is 13.2 Å². The molecule has 0 aliphatic rings. The van der Waals surface area contributed by atoms with E-state index in [-0.39, 0.29) is 0 Å². The quantitative estimate of drug-likeness (QED) is 0.496. The zero-order valence-electron chi connectivity index (χ0n) is 8.23. The fraction of sp³-hybridized carbons (Fsp3) is 0.333. The van der Waals surface area contributed by atoms with E-state index < -0.39 is 17.9 Å². The lowest BCUT2D eigenvalue weighted by Crippen LogP contribution is -2.13. The Balaban J connectivity index is 2.92. The fourth-order valence-electron chi connectivity index (χ4n) is 1.05. The summed E-state index contributed by atoms with van der Waals surface area (Å²) >= 11 is 3.84. The van der Waals surface area contributed by atoms with E-state index in [1.54, 1.807) is 13.1 Å². The summed E-state index contributed by atoms with van der Waals surface area (Å²) in [6.07, 6.45) is -1.60. The summed E-state index contributed by atoms with van der Waals surface area (Å²) in [5.41, 5.74) is -0.462. The van der Waals surface area contributed by atoms with Crippen LogP contribution < -0.4 is 0 Å². The maximum absolute atomic E-state index is 12.2. The second-order valence-electron chi connectivity index (χ2n) is 3.10. The average Bonchev–Trinajstić information content (AvgIpc) is 2.26. The highest BCUT2D eigenvalue weighted by Crippen LogP contribution is 2.28. The van der Waals surface area contributed by atoms with Crippen molar-refractivity contribution in [3.05, 3.63) is 29.6 Å². The third-order valence-corrected chi connectivity index (χ3v) is 2.46. The maximum atomic E-state index is 12.2. The van der Waals surface area contributed by atoms with Gasteiger partial charge in [0, 0.05) is 6.20 Å². The second-order valence-corrected chi connectivity index (χ2v) is 3.53. The molecular formula is C9H8F3N3S. The molecule has 7 heteroatoms. The molecule has 0 N–H and O–H groups in total. The molecule has 0 amide bonds. The first-order chi connectivity index (χ1) is 7.36. The number of aromatic nitrogens is 1. The number of hydrogen-bond donors (Lipinski definition) is 1. The Hall–Kier alpha value is -1.42. The van der Waals surface area contributed by atoms with E-state index in [1.165, 1.54) is 6.07 Å². The van der Waals surface area contributed by atoms with Crippen molar-refractivity contribution in [1.29, 1.82) is 5.26 Å². The Morgan fingerprint density at radius 2 is 2.12 bits per heavy atom. The first-order valence-electron chi connectivity index (χ1n) is 4.27. The Bertz CT molecular complexity index is 396. The van der Waals surface area contributed by atoms with Crippen LogP contribution in [-0.2, 0) is 6.18 Å². The molecule has 0 fully saturated rings. The smallest absolute Gasteiger partial charge is 0.251 e. The molecule has 0 saturated heterocycles. The van der Waals surface area contributed by atoms with Gasteiger partial charge in [0.15, 0.2) is 6.19 Å². The van der Waals surface area contributed by atoms with Crippen LogP contribution in [0, 0.1) is 11.5 Å². The summed E-state index contributed by atoms with van der Waals surface area (Å²) in [6.45, 7) is 1.64. The summed E-state index contributed by atoms with van der Waals surface area (Å²) in [7, 11) is 0. The van der Waals surface area contributed by atoms with Crippen LogP contribution in [0.1, 0.15) is 24.2 Å². The minimum atomic E-state index is -4.45. The molecule has 86 valence electrons. The number of rotatable bonds is 2. The lowest BCUT2D eigenvalue weighted by Gasteiger charge is -2.17. The molecule has 1 rings (SSSR count). The number of halogens is 3. The maximum Gasteiger partial charge on any atom is 0.433 e. The molecule has 1 aromatic rings. The number of hydrogen-bond acceptors (Lipinski definition) is 4. The Kier molecular flexibility index (Phi) is 3.65. The molecule has 0 aliphatic carbocycles. The lowest BCUT2D eigenvalue weighted by molar-refractivity contribution is -0.141. The number of pyridine rings is 1. The summed E-state index contributed by atoms with van der Waals surface area (Å²) < 4.78 is 37.6. The van der Waals surface area contributed by atoms with E-state index in [1.807, 2.05) is 0 Å². The van der Waals surface area contributed by atoms with Crippen molar-refractivity contribution < 1.29 is 13.2 Å². The van der Waals surface area contributed by atoms with Gasteiger partial charge in [-0.1, -0.05) is 18.9 Å². The topological polar surface area (TPSA) is 39.9 Å². The molecule has 0 aliphatic heterocycles. The van der Waals surface area contributed by atoms with Gasteiger partial charge in [-0.2, -0.15) is 18.4 Å². The number of nitrogens with zero attached hydrogens (tertiary/aromatic N) is 3. The van der Waals surface area contributed by atoms with E-state index in [0.29, 0.717) is 5.56 Å². The van der Waals surface area contributed by atoms with Crippen molar-refractivity contribution in [2.45, 2.75) is 19.1 Å². The molecule has 0 spiro atoms. The minimum Gasteiger partial charge on any atom is -0.251 e. The third kappa shape index (κ3) is 2.79. The first kappa shape index (κ1) is 12.6. The van der Waals surface area contributed by atoms with E-state index in [2.05, 4.69) is 17.8 Å². The third-order valence-electron chi connectivity index (χ3n) is 2.03. The zero-order chi connectivity index (χ0) is 12.3. The van der Waals surface area contributed by atoms with Crippen LogP contribution >= 0.6 is 12.8 Å². The van der Waals surface area contributed by atoms with Gasteiger partial charge in [0.05, 0.1) is 6.04 Å². The molecular weight excluding hydrogens is 239 g/mol.